The number of imidazole rings is 1. The van der Waals surface area contributed by atoms with Crippen molar-refractivity contribution in [2.24, 2.45) is 0 Å². The second-order valence-electron chi connectivity index (χ2n) is 5.50. The molecule has 1 aromatic heterocycles. The molecule has 5 nitrogen and oxygen atoms in total. The molecule has 0 bridgehead atoms. The first kappa shape index (κ1) is 18.0. The van der Waals surface area contributed by atoms with Crippen LogP contribution in [-0.4, -0.2) is 29.1 Å². The lowest BCUT2D eigenvalue weighted by Gasteiger charge is -2.11. The first-order chi connectivity index (χ1) is 12.1. The number of para-hydroxylation sites is 2. The quantitative estimate of drug-likeness (QED) is 0.436. The van der Waals surface area contributed by atoms with Crippen molar-refractivity contribution >= 4 is 51.1 Å². The number of fused-ring (bicyclic) bond motifs is 1. The second-order valence-corrected chi connectivity index (χ2v) is 7.07. The summed E-state index contributed by atoms with van der Waals surface area (Å²) < 4.78 is 8.21. The van der Waals surface area contributed by atoms with E-state index in [0.29, 0.717) is 22.9 Å². The largest absolute Gasteiger partial charge is 0.496 e. The average Bonchev–Trinajstić information content (AvgIpc) is 3.03. The van der Waals surface area contributed by atoms with Crippen molar-refractivity contribution in [2.75, 3.05) is 13.7 Å². The van der Waals surface area contributed by atoms with Gasteiger partial charge >= 0.3 is 0 Å². The van der Waals surface area contributed by atoms with Crippen molar-refractivity contribution in [3.63, 3.8) is 0 Å². The molecule has 0 radical (unpaired) electrons. The van der Waals surface area contributed by atoms with Crippen LogP contribution in [0.25, 0.3) is 11.0 Å². The number of benzene rings is 2. The Bertz CT molecular complexity index is 910. The molecule has 0 fully saturated rings. The number of rotatable bonds is 6. The molecule has 0 spiro atoms. The van der Waals surface area contributed by atoms with Crippen molar-refractivity contribution in [3.8, 4) is 5.75 Å². The molecule has 0 aliphatic rings. The molecular weight excluding hydrogens is 453 g/mol. The Labute approximate surface area is 164 Å². The summed E-state index contributed by atoms with van der Waals surface area (Å²) >= 11 is 8.23. The molecule has 25 heavy (non-hydrogen) atoms. The molecule has 130 valence electrons. The van der Waals surface area contributed by atoms with Gasteiger partial charge in [0.2, 0.25) is 0 Å². The van der Waals surface area contributed by atoms with Crippen LogP contribution in [0.3, 0.4) is 0 Å². The molecule has 2 aromatic carbocycles. The molecule has 0 unspecified atom stereocenters. The summed E-state index contributed by atoms with van der Waals surface area (Å²) in [6.07, 6.45) is 2.63. The number of hydrogen-bond acceptors (Lipinski definition) is 3. The summed E-state index contributed by atoms with van der Waals surface area (Å²) in [4.78, 5) is 16.8. The van der Waals surface area contributed by atoms with E-state index in [2.05, 4.69) is 37.5 Å². The van der Waals surface area contributed by atoms with Crippen molar-refractivity contribution in [2.45, 2.75) is 13.0 Å². The van der Waals surface area contributed by atoms with Gasteiger partial charge in [-0.05, 0) is 53.3 Å². The van der Waals surface area contributed by atoms with E-state index in [4.69, 9.17) is 16.3 Å². The van der Waals surface area contributed by atoms with Crippen LogP contribution in [0.2, 0.25) is 5.02 Å². The molecule has 1 amide bonds. The molecule has 3 aromatic rings. The maximum absolute atomic E-state index is 12.4. The van der Waals surface area contributed by atoms with E-state index in [-0.39, 0.29) is 5.91 Å². The molecular formula is C18H17ClIN3O2. The summed E-state index contributed by atoms with van der Waals surface area (Å²) in [6, 6.07) is 11.4. The lowest BCUT2D eigenvalue weighted by molar-refractivity contribution is 0.0949. The van der Waals surface area contributed by atoms with E-state index >= 15 is 0 Å². The molecule has 0 aliphatic heterocycles. The fourth-order valence-electron chi connectivity index (χ4n) is 2.61. The van der Waals surface area contributed by atoms with Crippen LogP contribution < -0.4 is 10.1 Å². The fraction of sp³-hybridized carbons (Fsp3) is 0.222. The van der Waals surface area contributed by atoms with Gasteiger partial charge in [-0.2, -0.15) is 0 Å². The number of nitrogens with zero attached hydrogens (tertiary/aromatic N) is 2. The molecule has 3 rings (SSSR count). The number of aryl methyl sites for hydroxylation is 1. The Kier molecular flexibility index (Phi) is 5.80. The number of halogens is 2. The molecule has 0 saturated carbocycles. The Morgan fingerprint density at radius 3 is 2.96 bits per heavy atom. The van der Waals surface area contributed by atoms with E-state index < -0.39 is 0 Å². The minimum Gasteiger partial charge on any atom is -0.496 e. The number of nitrogens with one attached hydrogen (secondary N) is 1. The van der Waals surface area contributed by atoms with E-state index in [1.807, 2.05) is 30.6 Å². The first-order valence-corrected chi connectivity index (χ1v) is 9.27. The molecule has 0 saturated heterocycles. The molecule has 7 heteroatoms. The number of carbonyl (C=O) groups excluding carboxylic acids is 1. The highest BCUT2D eigenvalue weighted by molar-refractivity contribution is 14.1. The Balaban J connectivity index is 1.59. The maximum atomic E-state index is 12.4. The van der Waals surface area contributed by atoms with Crippen molar-refractivity contribution < 1.29 is 9.53 Å². The molecule has 1 N–H and O–H groups in total. The monoisotopic (exact) mass is 469 g/mol. The van der Waals surface area contributed by atoms with Gasteiger partial charge in [0.15, 0.2) is 0 Å². The predicted octanol–water partition coefficient (Wildman–Crippen LogP) is 4.12. The van der Waals surface area contributed by atoms with Gasteiger partial charge in [0, 0.05) is 16.7 Å². The number of methoxy groups -OCH3 is 1. The Hall–Kier alpha value is -1.80. The van der Waals surface area contributed by atoms with Crippen molar-refractivity contribution in [3.05, 3.63) is 56.9 Å². The van der Waals surface area contributed by atoms with Crippen molar-refractivity contribution in [1.29, 1.82) is 0 Å². The first-order valence-electron chi connectivity index (χ1n) is 7.81. The van der Waals surface area contributed by atoms with E-state index in [1.54, 1.807) is 19.2 Å². The van der Waals surface area contributed by atoms with Gasteiger partial charge in [-0.15, -0.1) is 0 Å². The number of aromatic nitrogens is 2. The average molecular weight is 470 g/mol. The fourth-order valence-corrected chi connectivity index (χ4v) is 3.21. The van der Waals surface area contributed by atoms with Gasteiger partial charge in [-0.3, -0.25) is 4.79 Å². The minimum absolute atomic E-state index is 0.189. The van der Waals surface area contributed by atoms with E-state index in [9.17, 15) is 4.79 Å². The zero-order chi connectivity index (χ0) is 17.8. The van der Waals surface area contributed by atoms with Gasteiger partial charge < -0.3 is 14.6 Å². The number of ether oxygens (including phenoxy) is 1. The standard InChI is InChI=1S/C18H17ClIN3O2/c1-25-17-10-14(20)13(19)9-12(17)18(24)21-7-4-8-23-11-22-15-5-2-3-6-16(15)23/h2-3,5-6,9-11H,4,7-8H2,1H3,(H,21,24). The van der Waals surface area contributed by atoms with Gasteiger partial charge in [-0.25, -0.2) is 4.98 Å². The van der Waals surface area contributed by atoms with Crippen LogP contribution in [0, 0.1) is 3.57 Å². The van der Waals surface area contributed by atoms with Crippen LogP contribution in [0.5, 0.6) is 5.75 Å². The lowest BCUT2D eigenvalue weighted by Crippen LogP contribution is -2.25. The highest BCUT2D eigenvalue weighted by atomic mass is 127. The van der Waals surface area contributed by atoms with Gasteiger partial charge in [-0.1, -0.05) is 23.7 Å². The summed E-state index contributed by atoms with van der Waals surface area (Å²) in [5.41, 5.74) is 2.52. The summed E-state index contributed by atoms with van der Waals surface area (Å²) in [6.45, 7) is 1.34. The van der Waals surface area contributed by atoms with Crippen LogP contribution in [-0.2, 0) is 6.54 Å². The van der Waals surface area contributed by atoms with E-state index in [0.717, 1.165) is 27.6 Å². The third kappa shape index (κ3) is 4.07. The smallest absolute Gasteiger partial charge is 0.255 e. The predicted molar refractivity (Wildman–Crippen MR) is 107 cm³/mol. The highest BCUT2D eigenvalue weighted by Crippen LogP contribution is 2.28. The number of amides is 1. The minimum atomic E-state index is -0.189. The molecule has 0 atom stereocenters. The van der Waals surface area contributed by atoms with Crippen LogP contribution >= 0.6 is 34.2 Å². The third-order valence-corrected chi connectivity index (χ3v) is 5.40. The Morgan fingerprint density at radius 1 is 1.36 bits per heavy atom. The number of carbonyl (C=O) groups is 1. The summed E-state index contributed by atoms with van der Waals surface area (Å²) in [5, 5.41) is 3.46. The zero-order valence-electron chi connectivity index (χ0n) is 13.6. The zero-order valence-corrected chi connectivity index (χ0v) is 16.5. The SMILES string of the molecule is COc1cc(I)c(Cl)cc1C(=O)NCCCn1cnc2ccccc21. The van der Waals surface area contributed by atoms with Crippen LogP contribution in [0.15, 0.2) is 42.7 Å². The van der Waals surface area contributed by atoms with Crippen molar-refractivity contribution in [1.82, 2.24) is 14.9 Å². The summed E-state index contributed by atoms with van der Waals surface area (Å²) in [7, 11) is 1.54. The van der Waals surface area contributed by atoms with E-state index in [1.165, 1.54) is 0 Å². The normalized spacial score (nSPS) is 10.8. The van der Waals surface area contributed by atoms with Gasteiger partial charge in [0.25, 0.3) is 5.91 Å². The highest BCUT2D eigenvalue weighted by Gasteiger charge is 2.14. The third-order valence-electron chi connectivity index (χ3n) is 3.88. The summed E-state index contributed by atoms with van der Waals surface area (Å²) in [5.74, 6) is 0.331. The lowest BCUT2D eigenvalue weighted by atomic mass is 10.2. The molecule has 0 aliphatic carbocycles. The Morgan fingerprint density at radius 2 is 2.16 bits per heavy atom. The van der Waals surface area contributed by atoms with Crippen LogP contribution in [0.4, 0.5) is 0 Å². The second kappa shape index (κ2) is 8.05. The topological polar surface area (TPSA) is 56.1 Å². The van der Waals surface area contributed by atoms with Crippen LogP contribution in [0.1, 0.15) is 16.8 Å². The van der Waals surface area contributed by atoms with Gasteiger partial charge in [0.1, 0.15) is 5.75 Å². The number of hydrogen-bond donors (Lipinski definition) is 1. The maximum Gasteiger partial charge on any atom is 0.255 e. The molecule has 1 heterocycles. The van der Waals surface area contributed by atoms with Gasteiger partial charge in [0.05, 0.1) is 35.1 Å².